The lowest BCUT2D eigenvalue weighted by atomic mass is 9.84. The molecule has 1 aromatic heterocycles. The van der Waals surface area contributed by atoms with E-state index in [4.69, 9.17) is 14.2 Å². The molecule has 3 aliphatic heterocycles. The molecule has 0 N–H and O–H groups in total. The molecule has 0 radical (unpaired) electrons. The number of carbonyl (C=O) groups is 1. The van der Waals surface area contributed by atoms with Crippen LogP contribution in [-0.2, 0) is 14.3 Å². The minimum Gasteiger partial charge on any atom is -0.481 e. The van der Waals surface area contributed by atoms with Crippen molar-refractivity contribution in [1.29, 1.82) is 0 Å². The molecule has 0 saturated carbocycles. The smallest absolute Gasteiger partial charge is 0.248 e. The van der Waals surface area contributed by atoms with E-state index >= 15 is 0 Å². The molecule has 1 atom stereocenters. The molecular formula is C18H26N4O4. The molecule has 26 heavy (non-hydrogen) atoms. The monoisotopic (exact) mass is 362 g/mol. The number of hydrogen-bond acceptors (Lipinski definition) is 7. The second-order valence-electron chi connectivity index (χ2n) is 7.32. The highest BCUT2D eigenvalue weighted by atomic mass is 16.5. The van der Waals surface area contributed by atoms with E-state index in [1.54, 1.807) is 7.11 Å². The van der Waals surface area contributed by atoms with Crippen molar-refractivity contribution in [1.82, 2.24) is 14.9 Å². The number of likely N-dealkylation sites (tertiary alicyclic amines) is 1. The number of anilines is 1. The highest BCUT2D eigenvalue weighted by Crippen LogP contribution is 2.37. The zero-order valence-electron chi connectivity index (χ0n) is 15.2. The molecule has 1 aromatic rings. The summed E-state index contributed by atoms with van der Waals surface area (Å²) in [6.45, 7) is 4.14. The summed E-state index contributed by atoms with van der Waals surface area (Å²) in [7, 11) is 1.60. The summed E-state index contributed by atoms with van der Waals surface area (Å²) in [6.07, 6.45) is 5.47. The number of ether oxygens (including phenoxy) is 3. The molecule has 142 valence electrons. The SMILES string of the molecule is COc1cc(N2CC3(C[C@H](OCC(=O)N4CCCC4)CCO3)C2)ncn1. The Morgan fingerprint density at radius 1 is 1.35 bits per heavy atom. The number of carbonyl (C=O) groups excluding carboxylic acids is 1. The van der Waals surface area contributed by atoms with Gasteiger partial charge in [0.05, 0.1) is 26.3 Å². The lowest BCUT2D eigenvalue weighted by molar-refractivity contribution is -0.157. The van der Waals surface area contributed by atoms with Crippen LogP contribution in [0.3, 0.4) is 0 Å². The average molecular weight is 362 g/mol. The van der Waals surface area contributed by atoms with Crippen LogP contribution in [0.15, 0.2) is 12.4 Å². The van der Waals surface area contributed by atoms with E-state index in [1.165, 1.54) is 6.33 Å². The summed E-state index contributed by atoms with van der Waals surface area (Å²) in [6, 6.07) is 1.83. The molecule has 4 rings (SSSR count). The van der Waals surface area contributed by atoms with Crippen LogP contribution < -0.4 is 9.64 Å². The topological polar surface area (TPSA) is 77.0 Å². The third-order valence-corrected chi connectivity index (χ3v) is 5.47. The second kappa shape index (κ2) is 7.36. The van der Waals surface area contributed by atoms with Crippen molar-refractivity contribution < 1.29 is 19.0 Å². The molecule has 3 fully saturated rings. The molecular weight excluding hydrogens is 336 g/mol. The first-order chi connectivity index (χ1) is 12.7. The molecule has 3 aliphatic rings. The molecule has 4 heterocycles. The fourth-order valence-electron chi connectivity index (χ4n) is 4.02. The van der Waals surface area contributed by atoms with Crippen LogP contribution in [0.2, 0.25) is 0 Å². The Kier molecular flexibility index (Phi) is 4.95. The van der Waals surface area contributed by atoms with Gasteiger partial charge in [-0.3, -0.25) is 4.79 Å². The van der Waals surface area contributed by atoms with Crippen LogP contribution in [0.1, 0.15) is 25.7 Å². The first-order valence-corrected chi connectivity index (χ1v) is 9.32. The fourth-order valence-corrected chi connectivity index (χ4v) is 4.02. The molecule has 8 heteroatoms. The minimum absolute atomic E-state index is 0.0809. The Hall–Kier alpha value is -1.93. The fraction of sp³-hybridized carbons (Fsp3) is 0.722. The van der Waals surface area contributed by atoms with Crippen LogP contribution in [-0.4, -0.2) is 79.0 Å². The van der Waals surface area contributed by atoms with Gasteiger partial charge in [0, 0.05) is 32.2 Å². The van der Waals surface area contributed by atoms with Crippen LogP contribution in [0.4, 0.5) is 5.82 Å². The van der Waals surface area contributed by atoms with Gasteiger partial charge in [0.2, 0.25) is 11.8 Å². The molecule has 0 aliphatic carbocycles. The Balaban J connectivity index is 1.28. The van der Waals surface area contributed by atoms with Gasteiger partial charge in [0.25, 0.3) is 0 Å². The largest absolute Gasteiger partial charge is 0.481 e. The van der Waals surface area contributed by atoms with E-state index in [2.05, 4.69) is 14.9 Å². The summed E-state index contributed by atoms with van der Waals surface area (Å²) in [5, 5.41) is 0. The van der Waals surface area contributed by atoms with Gasteiger partial charge in [0.15, 0.2) is 0 Å². The maximum Gasteiger partial charge on any atom is 0.248 e. The van der Waals surface area contributed by atoms with Gasteiger partial charge in [-0.1, -0.05) is 0 Å². The molecule has 0 aromatic carbocycles. The zero-order chi connectivity index (χ0) is 18.0. The van der Waals surface area contributed by atoms with E-state index in [1.807, 2.05) is 11.0 Å². The Morgan fingerprint density at radius 2 is 2.15 bits per heavy atom. The quantitative estimate of drug-likeness (QED) is 0.769. The predicted octanol–water partition coefficient (Wildman–Crippen LogP) is 0.862. The first kappa shape index (κ1) is 17.5. The van der Waals surface area contributed by atoms with Crippen molar-refractivity contribution in [2.75, 3.05) is 51.4 Å². The first-order valence-electron chi connectivity index (χ1n) is 9.32. The molecule has 3 saturated heterocycles. The minimum atomic E-state index is -0.197. The number of methoxy groups -OCH3 is 1. The number of aromatic nitrogens is 2. The molecule has 1 amide bonds. The Labute approximate surface area is 153 Å². The Bertz CT molecular complexity index is 644. The van der Waals surface area contributed by atoms with E-state index in [0.717, 1.165) is 57.7 Å². The number of rotatable bonds is 5. The van der Waals surface area contributed by atoms with Crippen LogP contribution in [0.5, 0.6) is 5.88 Å². The summed E-state index contributed by atoms with van der Waals surface area (Å²) >= 11 is 0. The summed E-state index contributed by atoms with van der Waals surface area (Å²) in [4.78, 5) is 24.6. The summed E-state index contributed by atoms with van der Waals surface area (Å²) in [5.41, 5.74) is -0.197. The van der Waals surface area contributed by atoms with Gasteiger partial charge in [0.1, 0.15) is 24.4 Å². The molecule has 1 spiro atoms. The van der Waals surface area contributed by atoms with Crippen molar-refractivity contribution in [2.45, 2.75) is 37.4 Å². The van der Waals surface area contributed by atoms with Gasteiger partial charge in [-0.15, -0.1) is 0 Å². The third-order valence-electron chi connectivity index (χ3n) is 5.47. The van der Waals surface area contributed by atoms with Crippen LogP contribution in [0.25, 0.3) is 0 Å². The number of hydrogen-bond donors (Lipinski definition) is 0. The van der Waals surface area contributed by atoms with Crippen LogP contribution in [0, 0.1) is 0 Å². The van der Waals surface area contributed by atoms with Gasteiger partial charge in [-0.2, -0.15) is 0 Å². The molecule has 8 nitrogen and oxygen atoms in total. The highest BCUT2D eigenvalue weighted by molar-refractivity contribution is 5.77. The normalized spacial score (nSPS) is 24.6. The lowest BCUT2D eigenvalue weighted by Crippen LogP contribution is -2.66. The van der Waals surface area contributed by atoms with Crippen molar-refractivity contribution >= 4 is 11.7 Å². The number of nitrogens with zero attached hydrogens (tertiary/aromatic N) is 4. The Morgan fingerprint density at radius 3 is 2.92 bits per heavy atom. The van der Waals surface area contributed by atoms with Crippen molar-refractivity contribution in [3.63, 3.8) is 0 Å². The van der Waals surface area contributed by atoms with Gasteiger partial charge < -0.3 is 24.0 Å². The van der Waals surface area contributed by atoms with Gasteiger partial charge >= 0.3 is 0 Å². The summed E-state index contributed by atoms with van der Waals surface area (Å²) < 4.78 is 17.1. The maximum atomic E-state index is 12.2. The standard InChI is InChI=1S/C18H26N4O4/c1-24-16-8-15(19-13-20-16)22-11-18(12-22)9-14(4-7-26-18)25-10-17(23)21-5-2-3-6-21/h8,13-14H,2-7,9-12H2,1H3/t14-/m1/s1. The summed E-state index contributed by atoms with van der Waals surface area (Å²) in [5.74, 6) is 1.52. The zero-order valence-corrected chi connectivity index (χ0v) is 15.2. The van der Waals surface area contributed by atoms with E-state index in [0.29, 0.717) is 12.5 Å². The van der Waals surface area contributed by atoms with Crippen molar-refractivity contribution in [3.8, 4) is 5.88 Å². The van der Waals surface area contributed by atoms with Crippen LogP contribution >= 0.6 is 0 Å². The van der Waals surface area contributed by atoms with E-state index in [-0.39, 0.29) is 24.2 Å². The lowest BCUT2D eigenvalue weighted by Gasteiger charge is -2.53. The molecule has 0 bridgehead atoms. The maximum absolute atomic E-state index is 12.2. The van der Waals surface area contributed by atoms with Crippen molar-refractivity contribution in [3.05, 3.63) is 12.4 Å². The predicted molar refractivity (Wildman–Crippen MR) is 94.3 cm³/mol. The third kappa shape index (κ3) is 3.61. The highest BCUT2D eigenvalue weighted by Gasteiger charge is 2.48. The molecule has 0 unspecified atom stereocenters. The van der Waals surface area contributed by atoms with Crippen molar-refractivity contribution in [2.24, 2.45) is 0 Å². The average Bonchev–Trinajstić information content (AvgIpc) is 3.19. The number of amides is 1. The van der Waals surface area contributed by atoms with Gasteiger partial charge in [-0.05, 0) is 19.3 Å². The van der Waals surface area contributed by atoms with E-state index < -0.39 is 0 Å². The van der Waals surface area contributed by atoms with Gasteiger partial charge in [-0.25, -0.2) is 9.97 Å². The van der Waals surface area contributed by atoms with E-state index in [9.17, 15) is 4.79 Å². The second-order valence-corrected chi connectivity index (χ2v) is 7.32.